The quantitative estimate of drug-likeness (QED) is 0.532. The number of hydrogen-bond acceptors (Lipinski definition) is 4. The Balaban J connectivity index is 0.00000272. The number of piperazine rings is 1. The lowest BCUT2D eigenvalue weighted by Crippen LogP contribution is -2.43. The second-order valence-corrected chi connectivity index (χ2v) is 9.45. The maximum absolute atomic E-state index is 13.0. The highest BCUT2D eigenvalue weighted by atomic mass is 35.5. The van der Waals surface area contributed by atoms with Gasteiger partial charge in [-0.25, -0.2) is 8.42 Å². The molecule has 3 aromatic rings. The van der Waals surface area contributed by atoms with Crippen LogP contribution in [0.5, 0.6) is 0 Å². The molecule has 0 atom stereocenters. The normalized spacial score (nSPS) is 14.3. The summed E-state index contributed by atoms with van der Waals surface area (Å²) >= 11 is 0. The number of sulfonamides is 1. The number of rotatable bonds is 7. The van der Waals surface area contributed by atoms with Crippen LogP contribution in [0.4, 0.5) is 11.4 Å². The second kappa shape index (κ2) is 10.4. The van der Waals surface area contributed by atoms with Gasteiger partial charge in [0.2, 0.25) is 0 Å². The van der Waals surface area contributed by atoms with E-state index < -0.39 is 10.0 Å². The fourth-order valence-corrected chi connectivity index (χ4v) is 5.05. The summed E-state index contributed by atoms with van der Waals surface area (Å²) in [5.74, 6) is 0. The summed E-state index contributed by atoms with van der Waals surface area (Å²) in [6.45, 7) is 5.95. The minimum atomic E-state index is -3.65. The average Bonchev–Trinajstić information content (AvgIpc) is 2.78. The van der Waals surface area contributed by atoms with Gasteiger partial charge in [-0.2, -0.15) is 0 Å². The number of hydrogen-bond donors (Lipinski definition) is 2. The molecule has 1 aliphatic rings. The molecule has 7 heteroatoms. The first-order chi connectivity index (χ1) is 14.6. The van der Waals surface area contributed by atoms with E-state index in [4.69, 9.17) is 0 Å². The largest absolute Gasteiger partial charge is 0.368 e. The third kappa shape index (κ3) is 5.32. The van der Waals surface area contributed by atoms with Gasteiger partial charge in [0, 0.05) is 42.6 Å². The van der Waals surface area contributed by atoms with Crippen LogP contribution in [0.25, 0.3) is 10.8 Å². The molecule has 166 valence electrons. The van der Waals surface area contributed by atoms with Gasteiger partial charge in [-0.15, -0.1) is 12.4 Å². The maximum atomic E-state index is 13.0. The van der Waals surface area contributed by atoms with E-state index in [0.29, 0.717) is 5.69 Å². The Labute approximate surface area is 191 Å². The summed E-state index contributed by atoms with van der Waals surface area (Å²) in [7, 11) is -3.65. The summed E-state index contributed by atoms with van der Waals surface area (Å²) in [4.78, 5) is 2.64. The maximum Gasteiger partial charge on any atom is 0.261 e. The Kier molecular flexibility index (Phi) is 7.81. The zero-order chi connectivity index (χ0) is 21.0. The van der Waals surface area contributed by atoms with E-state index in [0.717, 1.165) is 61.9 Å². The molecule has 0 aromatic heterocycles. The molecule has 0 bridgehead atoms. The molecule has 1 saturated heterocycles. The number of halogens is 1. The monoisotopic (exact) mass is 459 g/mol. The van der Waals surface area contributed by atoms with Crippen LogP contribution in [0, 0.1) is 0 Å². The van der Waals surface area contributed by atoms with Crippen LogP contribution in [0.2, 0.25) is 0 Å². The van der Waals surface area contributed by atoms with Crippen molar-refractivity contribution in [3.63, 3.8) is 0 Å². The highest BCUT2D eigenvalue weighted by molar-refractivity contribution is 7.92. The van der Waals surface area contributed by atoms with Crippen LogP contribution >= 0.6 is 12.4 Å². The SMILES string of the molecule is CCCCc1ccc(S(=O)(=O)Nc2ccc(N3CCNCC3)c3ccccc23)cc1.Cl. The Bertz CT molecular complexity index is 1110. The van der Waals surface area contributed by atoms with E-state index in [1.807, 2.05) is 42.5 Å². The Morgan fingerprint density at radius 3 is 2.29 bits per heavy atom. The van der Waals surface area contributed by atoms with Crippen molar-refractivity contribution < 1.29 is 8.42 Å². The number of aryl methyl sites for hydroxylation is 1. The highest BCUT2D eigenvalue weighted by Crippen LogP contribution is 2.33. The molecule has 0 aliphatic carbocycles. The Hall–Kier alpha value is -2.28. The molecule has 5 nitrogen and oxygen atoms in total. The molecule has 0 spiro atoms. The fourth-order valence-electron chi connectivity index (χ4n) is 3.97. The van der Waals surface area contributed by atoms with Gasteiger partial charge in [0.15, 0.2) is 0 Å². The highest BCUT2D eigenvalue weighted by Gasteiger charge is 2.18. The first kappa shape index (κ1) is 23.4. The van der Waals surface area contributed by atoms with E-state index in [9.17, 15) is 8.42 Å². The molecule has 4 rings (SSSR count). The molecule has 1 heterocycles. The van der Waals surface area contributed by atoms with Crippen molar-refractivity contribution in [3.05, 3.63) is 66.2 Å². The Morgan fingerprint density at radius 1 is 0.935 bits per heavy atom. The summed E-state index contributed by atoms with van der Waals surface area (Å²) < 4.78 is 28.9. The van der Waals surface area contributed by atoms with Crippen molar-refractivity contribution >= 4 is 44.6 Å². The van der Waals surface area contributed by atoms with Gasteiger partial charge in [-0.05, 0) is 42.7 Å². The van der Waals surface area contributed by atoms with Gasteiger partial charge < -0.3 is 10.2 Å². The number of fused-ring (bicyclic) bond motifs is 1. The zero-order valence-electron chi connectivity index (χ0n) is 17.8. The van der Waals surface area contributed by atoms with E-state index in [1.165, 1.54) is 5.56 Å². The summed E-state index contributed by atoms with van der Waals surface area (Å²) in [6, 6.07) is 19.1. The number of anilines is 2. The van der Waals surface area contributed by atoms with E-state index in [2.05, 4.69) is 27.9 Å². The molecule has 0 radical (unpaired) electrons. The topological polar surface area (TPSA) is 61.4 Å². The van der Waals surface area contributed by atoms with Crippen LogP contribution in [0.1, 0.15) is 25.3 Å². The predicted molar refractivity (Wildman–Crippen MR) is 132 cm³/mol. The van der Waals surface area contributed by atoms with Crippen molar-refractivity contribution in [2.45, 2.75) is 31.1 Å². The molecule has 1 fully saturated rings. The van der Waals surface area contributed by atoms with Gasteiger partial charge >= 0.3 is 0 Å². The third-order valence-electron chi connectivity index (χ3n) is 5.66. The number of benzene rings is 3. The summed E-state index contributed by atoms with van der Waals surface area (Å²) in [5, 5.41) is 5.35. The molecular formula is C24H30ClN3O2S. The number of unbranched alkanes of at least 4 members (excludes halogenated alkanes) is 1. The fraction of sp³-hybridized carbons (Fsp3) is 0.333. The molecule has 3 aromatic carbocycles. The van der Waals surface area contributed by atoms with Crippen molar-refractivity contribution in [2.75, 3.05) is 35.8 Å². The predicted octanol–water partition coefficient (Wildman–Crippen LogP) is 4.81. The number of nitrogens with one attached hydrogen (secondary N) is 2. The molecule has 2 N–H and O–H groups in total. The summed E-state index contributed by atoms with van der Waals surface area (Å²) in [6.07, 6.45) is 3.21. The average molecular weight is 460 g/mol. The smallest absolute Gasteiger partial charge is 0.261 e. The van der Waals surface area contributed by atoms with Gasteiger partial charge in [-0.1, -0.05) is 49.7 Å². The molecule has 31 heavy (non-hydrogen) atoms. The van der Waals surface area contributed by atoms with E-state index >= 15 is 0 Å². The number of nitrogens with zero attached hydrogens (tertiary/aromatic N) is 1. The summed E-state index contributed by atoms with van der Waals surface area (Å²) in [5.41, 5.74) is 2.93. The lowest BCUT2D eigenvalue weighted by Gasteiger charge is -2.30. The van der Waals surface area contributed by atoms with E-state index in [1.54, 1.807) is 12.1 Å². The van der Waals surface area contributed by atoms with Crippen LogP contribution in [0.15, 0.2) is 65.6 Å². The first-order valence-corrected chi connectivity index (χ1v) is 12.2. The van der Waals surface area contributed by atoms with Crippen molar-refractivity contribution in [2.24, 2.45) is 0 Å². The lowest BCUT2D eigenvalue weighted by molar-refractivity contribution is 0.590. The van der Waals surface area contributed by atoms with E-state index in [-0.39, 0.29) is 17.3 Å². The lowest BCUT2D eigenvalue weighted by atomic mass is 10.1. The van der Waals surface area contributed by atoms with Gasteiger partial charge in [0.1, 0.15) is 0 Å². The van der Waals surface area contributed by atoms with Crippen LogP contribution in [0.3, 0.4) is 0 Å². The molecule has 0 unspecified atom stereocenters. The van der Waals surface area contributed by atoms with Gasteiger partial charge in [0.25, 0.3) is 10.0 Å². The first-order valence-electron chi connectivity index (χ1n) is 10.7. The zero-order valence-corrected chi connectivity index (χ0v) is 19.4. The molecule has 0 saturated carbocycles. The second-order valence-electron chi connectivity index (χ2n) is 7.77. The van der Waals surface area contributed by atoms with Crippen LogP contribution in [-0.4, -0.2) is 34.6 Å². The van der Waals surface area contributed by atoms with Crippen LogP contribution < -0.4 is 14.9 Å². The van der Waals surface area contributed by atoms with Crippen molar-refractivity contribution in [3.8, 4) is 0 Å². The third-order valence-corrected chi connectivity index (χ3v) is 7.04. The van der Waals surface area contributed by atoms with Gasteiger partial charge in [-0.3, -0.25) is 4.72 Å². The minimum absolute atomic E-state index is 0. The Morgan fingerprint density at radius 2 is 1.61 bits per heavy atom. The molecule has 0 amide bonds. The van der Waals surface area contributed by atoms with Gasteiger partial charge in [0.05, 0.1) is 10.6 Å². The molecular weight excluding hydrogens is 430 g/mol. The van der Waals surface area contributed by atoms with Crippen molar-refractivity contribution in [1.82, 2.24) is 5.32 Å². The minimum Gasteiger partial charge on any atom is -0.368 e. The molecule has 1 aliphatic heterocycles. The standard InChI is InChI=1S/C24H29N3O2S.ClH/c1-2-3-6-19-9-11-20(12-10-19)30(28,29)26-23-13-14-24(27-17-15-25-16-18-27)22-8-5-4-7-21(22)23;/h4-5,7-14,25-26H,2-3,6,15-18H2,1H3;1H. The van der Waals surface area contributed by atoms with Crippen LogP contribution in [-0.2, 0) is 16.4 Å². The van der Waals surface area contributed by atoms with Crippen molar-refractivity contribution in [1.29, 1.82) is 0 Å².